The Morgan fingerprint density at radius 2 is 2.10 bits per heavy atom. The van der Waals surface area contributed by atoms with E-state index in [4.69, 9.17) is 4.74 Å². The fourth-order valence-corrected chi connectivity index (χ4v) is 3.15. The zero-order valence-electron chi connectivity index (χ0n) is 18.0. The molecule has 1 saturated heterocycles. The average Bonchev–Trinajstić information content (AvgIpc) is 3.05. The molecular weight excluding hydrogens is 390 g/mol. The minimum atomic E-state index is -0.531. The molecule has 30 heavy (non-hydrogen) atoms. The second-order valence-corrected chi connectivity index (χ2v) is 8.28. The predicted molar refractivity (Wildman–Crippen MR) is 115 cm³/mol. The first kappa shape index (κ1) is 23.2. The number of amides is 3. The van der Waals surface area contributed by atoms with E-state index in [2.05, 4.69) is 16.0 Å². The molecule has 1 aliphatic rings. The van der Waals surface area contributed by atoms with Crippen molar-refractivity contribution >= 4 is 29.2 Å². The smallest absolute Gasteiger partial charge is 0.407 e. The van der Waals surface area contributed by atoms with Crippen LogP contribution in [0.1, 0.15) is 47.0 Å². The number of rotatable bonds is 9. The van der Waals surface area contributed by atoms with Crippen molar-refractivity contribution in [1.29, 1.82) is 0 Å². The monoisotopic (exact) mass is 421 g/mol. The number of carbonyl (C=O) groups is 2. The normalized spacial score (nSPS) is 14.8. The van der Waals surface area contributed by atoms with Gasteiger partial charge in [-0.05, 0) is 53.0 Å². The van der Waals surface area contributed by atoms with Crippen molar-refractivity contribution in [3.8, 4) is 0 Å². The number of nitro benzene ring substituents is 1. The Bertz CT molecular complexity index is 777. The molecular formula is C20H31N5O5. The summed E-state index contributed by atoms with van der Waals surface area (Å²) in [7, 11) is 0. The van der Waals surface area contributed by atoms with Gasteiger partial charge in [-0.3, -0.25) is 15.0 Å². The number of alkyl carbamates (subject to hydrolysis) is 1. The Kier molecular flexibility index (Phi) is 7.85. The average molecular weight is 421 g/mol. The van der Waals surface area contributed by atoms with Crippen molar-refractivity contribution in [2.24, 2.45) is 0 Å². The Morgan fingerprint density at radius 3 is 2.70 bits per heavy atom. The molecule has 1 aliphatic heterocycles. The van der Waals surface area contributed by atoms with Crippen molar-refractivity contribution in [3.05, 3.63) is 28.3 Å². The Labute approximate surface area is 176 Å². The molecule has 166 valence electrons. The number of urea groups is 1. The van der Waals surface area contributed by atoms with Gasteiger partial charge in [0.1, 0.15) is 11.3 Å². The highest BCUT2D eigenvalue weighted by Gasteiger charge is 2.28. The summed E-state index contributed by atoms with van der Waals surface area (Å²) < 4.78 is 5.19. The van der Waals surface area contributed by atoms with Gasteiger partial charge in [0, 0.05) is 31.7 Å². The number of benzene rings is 1. The maximum atomic E-state index is 12.1. The number of anilines is 2. The van der Waals surface area contributed by atoms with E-state index >= 15 is 0 Å². The number of para-hydroxylation sites is 1. The lowest BCUT2D eigenvalue weighted by Crippen LogP contribution is -2.33. The number of carbonyl (C=O) groups excluding carboxylic acids is 2. The highest BCUT2D eigenvalue weighted by molar-refractivity contribution is 5.99. The molecule has 1 atom stereocenters. The van der Waals surface area contributed by atoms with Gasteiger partial charge in [0.05, 0.1) is 10.6 Å². The van der Waals surface area contributed by atoms with Crippen LogP contribution < -0.4 is 20.9 Å². The summed E-state index contributed by atoms with van der Waals surface area (Å²) in [4.78, 5) is 36.3. The Morgan fingerprint density at radius 1 is 1.37 bits per heavy atom. The standard InChI is InChI=1S/C20H31N5O5/c1-14(8-5-6-11-22-19(27)30-20(2,3)4)23-17-15(24-13-12-21-18(24)26)9-7-10-16(17)25(28)29/h7,9-10,14,23H,5-6,8,11-13H2,1-4H3,(H,21,26)(H,22,27)/t14-/m1/s1. The summed E-state index contributed by atoms with van der Waals surface area (Å²) in [6.07, 6.45) is 1.86. The molecule has 1 aromatic rings. The first-order chi connectivity index (χ1) is 14.1. The summed E-state index contributed by atoms with van der Waals surface area (Å²) in [5, 5.41) is 20.2. The minimum Gasteiger partial charge on any atom is -0.444 e. The van der Waals surface area contributed by atoms with Gasteiger partial charge in [-0.15, -0.1) is 0 Å². The maximum absolute atomic E-state index is 12.1. The molecule has 2 rings (SSSR count). The second-order valence-electron chi connectivity index (χ2n) is 8.28. The Hall–Kier alpha value is -3.04. The van der Waals surface area contributed by atoms with Crippen molar-refractivity contribution in [3.63, 3.8) is 0 Å². The highest BCUT2D eigenvalue weighted by atomic mass is 16.6. The quantitative estimate of drug-likeness (QED) is 0.318. The number of nitrogens with one attached hydrogen (secondary N) is 3. The van der Waals surface area contributed by atoms with E-state index in [0.717, 1.165) is 19.3 Å². The van der Waals surface area contributed by atoms with Gasteiger partial charge in [0.25, 0.3) is 5.69 Å². The van der Waals surface area contributed by atoms with Crippen LogP contribution in [0.25, 0.3) is 0 Å². The van der Waals surface area contributed by atoms with Crippen LogP contribution in [0, 0.1) is 10.1 Å². The number of ether oxygens (including phenoxy) is 1. The van der Waals surface area contributed by atoms with E-state index < -0.39 is 16.6 Å². The number of hydrogen-bond donors (Lipinski definition) is 3. The summed E-state index contributed by atoms with van der Waals surface area (Å²) >= 11 is 0. The topological polar surface area (TPSA) is 126 Å². The predicted octanol–water partition coefficient (Wildman–Crippen LogP) is 3.62. The van der Waals surface area contributed by atoms with Gasteiger partial charge in [-0.2, -0.15) is 0 Å². The summed E-state index contributed by atoms with van der Waals surface area (Å²) in [6, 6.07) is 4.39. The molecule has 0 saturated carbocycles. The van der Waals surface area contributed by atoms with E-state index in [-0.39, 0.29) is 17.8 Å². The third kappa shape index (κ3) is 6.78. The molecule has 1 heterocycles. The van der Waals surface area contributed by atoms with Gasteiger partial charge < -0.3 is 20.7 Å². The number of unbranched alkanes of at least 4 members (excludes halogenated alkanes) is 1. The van der Waals surface area contributed by atoms with Crippen LogP contribution in [0.15, 0.2) is 18.2 Å². The molecule has 10 heteroatoms. The minimum absolute atomic E-state index is 0.0583. The molecule has 0 unspecified atom stereocenters. The maximum Gasteiger partial charge on any atom is 0.407 e. The SMILES string of the molecule is C[C@H](CCCCNC(=O)OC(C)(C)C)Nc1c(N2CCNC2=O)cccc1[N+](=O)[O-]. The third-order valence-electron chi connectivity index (χ3n) is 4.49. The van der Waals surface area contributed by atoms with Crippen LogP contribution in [0.3, 0.4) is 0 Å². The highest BCUT2D eigenvalue weighted by Crippen LogP contribution is 2.36. The lowest BCUT2D eigenvalue weighted by molar-refractivity contribution is -0.383. The van der Waals surface area contributed by atoms with E-state index in [1.54, 1.807) is 12.1 Å². The molecule has 3 amide bonds. The molecule has 0 spiro atoms. The van der Waals surface area contributed by atoms with Crippen molar-refractivity contribution in [2.45, 2.75) is 58.6 Å². The Balaban J connectivity index is 1.91. The second kappa shape index (κ2) is 10.1. The van der Waals surface area contributed by atoms with Gasteiger partial charge in [-0.25, -0.2) is 9.59 Å². The first-order valence-corrected chi connectivity index (χ1v) is 10.1. The summed E-state index contributed by atoms with van der Waals surface area (Å²) in [6.45, 7) is 8.81. The molecule has 0 radical (unpaired) electrons. The van der Waals surface area contributed by atoms with Crippen LogP contribution in [0.2, 0.25) is 0 Å². The lowest BCUT2D eigenvalue weighted by Gasteiger charge is -2.22. The van der Waals surface area contributed by atoms with Gasteiger partial charge in [0.15, 0.2) is 0 Å². The number of nitro groups is 1. The van der Waals surface area contributed by atoms with Gasteiger partial charge >= 0.3 is 12.1 Å². The van der Waals surface area contributed by atoms with E-state index in [1.165, 1.54) is 11.0 Å². The zero-order chi connectivity index (χ0) is 22.3. The fraction of sp³-hybridized carbons (Fsp3) is 0.600. The summed E-state index contributed by atoms with van der Waals surface area (Å²) in [5.74, 6) is 0. The molecule has 0 bridgehead atoms. The fourth-order valence-electron chi connectivity index (χ4n) is 3.15. The van der Waals surface area contributed by atoms with Crippen LogP contribution in [0.4, 0.5) is 26.7 Å². The third-order valence-corrected chi connectivity index (χ3v) is 4.49. The van der Waals surface area contributed by atoms with E-state index in [9.17, 15) is 19.7 Å². The number of nitrogens with zero attached hydrogens (tertiary/aromatic N) is 2. The van der Waals surface area contributed by atoms with E-state index in [0.29, 0.717) is 31.0 Å². The molecule has 0 aliphatic carbocycles. The van der Waals surface area contributed by atoms with Crippen molar-refractivity contribution < 1.29 is 19.2 Å². The van der Waals surface area contributed by atoms with Crippen molar-refractivity contribution in [1.82, 2.24) is 10.6 Å². The van der Waals surface area contributed by atoms with Crippen LogP contribution in [-0.4, -0.2) is 48.3 Å². The molecule has 0 aromatic heterocycles. The van der Waals surface area contributed by atoms with Crippen molar-refractivity contribution in [2.75, 3.05) is 29.9 Å². The van der Waals surface area contributed by atoms with Crippen LogP contribution in [-0.2, 0) is 4.74 Å². The zero-order valence-corrected chi connectivity index (χ0v) is 18.0. The molecule has 10 nitrogen and oxygen atoms in total. The number of hydrogen-bond acceptors (Lipinski definition) is 6. The molecule has 1 fully saturated rings. The van der Waals surface area contributed by atoms with E-state index in [1.807, 2.05) is 27.7 Å². The lowest BCUT2D eigenvalue weighted by atomic mass is 10.1. The van der Waals surface area contributed by atoms with Gasteiger partial charge in [0.2, 0.25) is 0 Å². The molecule has 1 aromatic carbocycles. The molecule has 3 N–H and O–H groups in total. The largest absolute Gasteiger partial charge is 0.444 e. The van der Waals surface area contributed by atoms with Crippen LogP contribution >= 0.6 is 0 Å². The van der Waals surface area contributed by atoms with Gasteiger partial charge in [-0.1, -0.05) is 6.07 Å². The summed E-state index contributed by atoms with van der Waals surface area (Å²) in [5.41, 5.74) is 0.249. The van der Waals surface area contributed by atoms with Crippen LogP contribution in [0.5, 0.6) is 0 Å². The first-order valence-electron chi connectivity index (χ1n) is 10.1.